The van der Waals surface area contributed by atoms with Gasteiger partial charge in [0.1, 0.15) is 0 Å². The van der Waals surface area contributed by atoms with Crippen LogP contribution in [0, 0.1) is 17.8 Å². The Morgan fingerprint density at radius 3 is 0.764 bits per heavy atom. The second-order valence-electron chi connectivity index (χ2n) is 32.7. The Hall–Kier alpha value is -5.35. The predicted octanol–water partition coefficient (Wildman–Crippen LogP) is 24.1. The van der Waals surface area contributed by atoms with E-state index in [2.05, 4.69) is 273 Å². The van der Waals surface area contributed by atoms with E-state index in [-0.39, 0.29) is 52.3 Å². The molecule has 0 bridgehead atoms. The first-order chi connectivity index (χ1) is 41.5. The van der Waals surface area contributed by atoms with Crippen LogP contribution in [0.2, 0.25) is 0 Å². The lowest BCUT2D eigenvalue weighted by Gasteiger charge is -2.42. The number of fused-ring (bicyclic) bond motifs is 3. The molecular weight excluding hydrogens is 1100 g/mol. The highest BCUT2D eigenvalue weighted by atomic mass is 31.2. The van der Waals surface area contributed by atoms with Crippen molar-refractivity contribution in [2.45, 2.75) is 255 Å². The van der Waals surface area contributed by atoms with Gasteiger partial charge in [-0.25, -0.2) is 4.57 Å². The van der Waals surface area contributed by atoms with E-state index in [4.69, 9.17) is 13.6 Å². The zero-order valence-corrected chi connectivity index (χ0v) is 59.8. The van der Waals surface area contributed by atoms with E-state index >= 15 is 4.57 Å². The zero-order valence-electron chi connectivity index (χ0n) is 58.9. The first kappa shape index (κ1) is 68.0. The highest BCUT2D eigenvalue weighted by molar-refractivity contribution is 7.48. The smallest absolute Gasteiger partial charge is 0.282 e. The van der Waals surface area contributed by atoms with Crippen LogP contribution < -0.4 is 0 Å². The first-order valence-electron chi connectivity index (χ1n) is 33.9. The van der Waals surface area contributed by atoms with E-state index in [1.54, 1.807) is 0 Å². The molecule has 4 nitrogen and oxygen atoms in total. The maximum Gasteiger partial charge on any atom is 0.475 e. The van der Waals surface area contributed by atoms with Crippen molar-refractivity contribution >= 4 is 42.8 Å². The maximum absolute atomic E-state index is 15.0. The minimum Gasteiger partial charge on any atom is -0.282 e. The number of hydrogen-bond donors (Lipinski definition) is 0. The molecule has 89 heavy (non-hydrogen) atoms. The molecule has 0 saturated heterocycles. The molecule has 0 heterocycles. The van der Waals surface area contributed by atoms with Gasteiger partial charge >= 0.3 is 7.82 Å². The normalized spacial score (nSPS) is 18.5. The summed E-state index contributed by atoms with van der Waals surface area (Å²) in [7, 11) is -4.12. The van der Waals surface area contributed by atoms with Gasteiger partial charge < -0.3 is 0 Å². The van der Waals surface area contributed by atoms with Crippen molar-refractivity contribution in [3.05, 3.63) is 209 Å². The van der Waals surface area contributed by atoms with Gasteiger partial charge in [0, 0.05) is 0 Å². The van der Waals surface area contributed by atoms with Gasteiger partial charge in [0.15, 0.2) is 0 Å². The Morgan fingerprint density at radius 2 is 0.562 bits per heavy atom. The molecule has 6 aromatic carbocycles. The first-order valence-corrected chi connectivity index (χ1v) is 35.4. The molecule has 5 heteroatoms. The van der Waals surface area contributed by atoms with Crippen LogP contribution in [0.15, 0.2) is 109 Å². The molecule has 3 aliphatic carbocycles. The summed E-state index contributed by atoms with van der Waals surface area (Å²) in [6.07, 6.45) is 17.2. The molecule has 0 aromatic heterocycles. The summed E-state index contributed by atoms with van der Waals surface area (Å²) in [5, 5.41) is 0. The van der Waals surface area contributed by atoms with E-state index in [0.29, 0.717) is 17.8 Å². The molecule has 0 amide bonds. The van der Waals surface area contributed by atoms with Crippen molar-refractivity contribution in [1.29, 1.82) is 0 Å². The van der Waals surface area contributed by atoms with Crippen molar-refractivity contribution in [1.82, 2.24) is 0 Å². The molecule has 0 fully saturated rings. The quantitative estimate of drug-likeness (QED) is 0.0532. The number of hydrogen-bond acceptors (Lipinski definition) is 4. The van der Waals surface area contributed by atoms with Crippen LogP contribution in [0.5, 0.6) is 0 Å². The zero-order chi connectivity index (χ0) is 64.8. The number of rotatable bonds is 21. The number of allylic oxidation sites excluding steroid dienone is 3. The van der Waals surface area contributed by atoms with Crippen molar-refractivity contribution in [3.8, 4) is 0 Å². The van der Waals surface area contributed by atoms with Crippen LogP contribution in [0.1, 0.15) is 284 Å². The topological polar surface area (TPSA) is 44.8 Å². The van der Waals surface area contributed by atoms with Crippen molar-refractivity contribution in [2.75, 3.05) is 0 Å². The molecule has 476 valence electrons. The van der Waals surface area contributed by atoms with Gasteiger partial charge in [-0.15, -0.1) is 0 Å². The molecule has 3 aliphatic rings. The van der Waals surface area contributed by atoms with E-state index in [9.17, 15) is 0 Å². The summed E-state index contributed by atoms with van der Waals surface area (Å²) in [5.41, 5.74) is 27.9. The Labute approximate surface area is 540 Å². The molecule has 0 unspecified atom stereocenters. The Morgan fingerprint density at radius 1 is 0.360 bits per heavy atom. The third-order valence-electron chi connectivity index (χ3n) is 20.6. The lowest BCUT2D eigenvalue weighted by atomic mass is 9.62. The SMILES string of the molecule is C/C(=C\c1ccc(COP(=O)(OCc2ccc(/C=C(\C)c3cc4c(cc3CC(C)C)C(C)(C)CCC4(C)C)cc2)OCc2ccc(/C=C(\C)c3cc4c(cc3CC(C)C)C(C)(C)CCC4(C)C)cc2)cc1)c1cc2c(cc1CC(C)C)C(C)(C)CCC2(C)C. The van der Waals surface area contributed by atoms with Crippen LogP contribution >= 0.6 is 7.82 Å². The summed E-state index contributed by atoms with van der Waals surface area (Å²) in [6.45, 7) is 49.8. The van der Waals surface area contributed by atoms with E-state index in [0.717, 1.165) is 52.6 Å². The fraction of sp³-hybridized carbons (Fsp3) is 0.500. The lowest BCUT2D eigenvalue weighted by Crippen LogP contribution is -2.34. The molecule has 0 aliphatic heterocycles. The van der Waals surface area contributed by atoms with Crippen LogP contribution in [0.4, 0.5) is 0 Å². The summed E-state index contributed by atoms with van der Waals surface area (Å²) in [4.78, 5) is 0. The lowest BCUT2D eigenvalue weighted by molar-refractivity contribution is 0.0978. The van der Waals surface area contributed by atoms with Gasteiger partial charge in [-0.1, -0.05) is 252 Å². The molecule has 0 spiro atoms. The monoisotopic (exact) mass is 1210 g/mol. The van der Waals surface area contributed by atoms with Gasteiger partial charge in [-0.2, -0.15) is 0 Å². The fourth-order valence-electron chi connectivity index (χ4n) is 14.6. The molecule has 9 rings (SSSR count). The predicted molar refractivity (Wildman–Crippen MR) is 383 cm³/mol. The second kappa shape index (κ2) is 26.3. The second-order valence-corrected chi connectivity index (χ2v) is 34.4. The van der Waals surface area contributed by atoms with Gasteiger partial charge in [-0.05, 0) is 246 Å². The Kier molecular flexibility index (Phi) is 20.1. The maximum atomic E-state index is 15.0. The summed E-state index contributed by atoms with van der Waals surface area (Å²) >= 11 is 0. The highest BCUT2D eigenvalue weighted by Gasteiger charge is 2.41. The fourth-order valence-corrected chi connectivity index (χ4v) is 15.7. The third kappa shape index (κ3) is 15.9. The standard InChI is InChI=1S/C84H111O4P/c1-55(2)40-67-46-73-76(82(16,17)37-34-79(73,10)11)49-70(67)58(7)43-61-22-28-64(29-23-61)52-86-89(85,87-53-65-30-24-62(25-31-65)44-59(8)71-50-77-74(47-68(71)41-56(3)4)80(12,13)35-38-83(77,18)19)88-54-66-32-26-63(27-33-66)45-60(9)72-51-78-75(48-69(72)42-57(5)6)81(14,15)36-39-84(78,20)21/h22-33,43-51,55-57H,34-42,52-54H2,1-21H3/b58-43+,59-44+,60-45+. The highest BCUT2D eigenvalue weighted by Crippen LogP contribution is 2.53. The van der Waals surface area contributed by atoms with Crippen LogP contribution in [0.25, 0.3) is 34.9 Å². The Bertz CT molecular complexity index is 3280. The molecule has 6 aromatic rings. The average Bonchev–Trinajstić information content (AvgIpc) is 0.830. The summed E-state index contributed by atoms with van der Waals surface area (Å²) in [6, 6.07) is 40.3. The van der Waals surface area contributed by atoms with E-state index in [1.165, 1.54) is 122 Å². The minimum atomic E-state index is -4.12. The van der Waals surface area contributed by atoms with E-state index < -0.39 is 7.82 Å². The largest absolute Gasteiger partial charge is 0.475 e. The van der Waals surface area contributed by atoms with Gasteiger partial charge in [0.2, 0.25) is 0 Å². The average molecular weight is 1220 g/mol. The molecule has 0 atom stereocenters. The minimum absolute atomic E-state index is 0.0623. The van der Waals surface area contributed by atoms with Crippen molar-refractivity contribution < 1.29 is 18.1 Å². The van der Waals surface area contributed by atoms with Crippen molar-refractivity contribution in [3.63, 3.8) is 0 Å². The molecule has 0 saturated carbocycles. The molecular formula is C84H111O4P. The van der Waals surface area contributed by atoms with Gasteiger partial charge in [0.05, 0.1) is 19.8 Å². The van der Waals surface area contributed by atoms with Crippen LogP contribution in [0.3, 0.4) is 0 Å². The summed E-state index contributed by atoms with van der Waals surface area (Å²) < 4.78 is 34.0. The molecule has 0 radical (unpaired) electrons. The van der Waals surface area contributed by atoms with Gasteiger partial charge in [0.25, 0.3) is 0 Å². The Balaban J connectivity index is 0.954. The number of benzene rings is 6. The third-order valence-corrected chi connectivity index (χ3v) is 22.0. The van der Waals surface area contributed by atoms with Crippen molar-refractivity contribution in [2.24, 2.45) is 17.8 Å². The van der Waals surface area contributed by atoms with Crippen LogP contribution in [-0.2, 0) is 89.7 Å². The number of phosphoric ester groups is 1. The molecule has 0 N–H and O–H groups in total. The van der Waals surface area contributed by atoms with Crippen LogP contribution in [-0.4, -0.2) is 0 Å². The number of phosphoric acid groups is 1. The van der Waals surface area contributed by atoms with E-state index in [1.807, 2.05) is 0 Å². The van der Waals surface area contributed by atoms with Gasteiger partial charge in [-0.3, -0.25) is 13.6 Å². The summed E-state index contributed by atoms with van der Waals surface area (Å²) in [5.74, 6) is 1.63.